The van der Waals surface area contributed by atoms with Crippen molar-refractivity contribution >= 4 is 29.6 Å². The maximum absolute atomic E-state index is 13.4. The number of ketones is 1. The molecule has 0 aliphatic heterocycles. The molecule has 0 fully saturated rings. The Balaban J connectivity index is 0.00000280. The van der Waals surface area contributed by atoms with Crippen LogP contribution in [-0.4, -0.2) is 34.0 Å². The highest BCUT2D eigenvalue weighted by Crippen LogP contribution is 2.31. The number of hydrogen-bond acceptors (Lipinski definition) is 3. The summed E-state index contributed by atoms with van der Waals surface area (Å²) >= 11 is 0. The van der Waals surface area contributed by atoms with E-state index in [-0.39, 0.29) is 24.1 Å². The first-order valence-electron chi connectivity index (χ1n) is 9.11. The molecule has 3 nitrogen and oxygen atoms in total. The first-order valence-corrected chi connectivity index (χ1v) is 9.11. The molecule has 0 unspecified atom stereocenters. The summed E-state index contributed by atoms with van der Waals surface area (Å²) in [6, 6.07) is 26.0. The van der Waals surface area contributed by atoms with Crippen molar-refractivity contribution in [2.24, 2.45) is 0 Å². The Morgan fingerprint density at radius 3 is 1.39 bits per heavy atom. The summed E-state index contributed by atoms with van der Waals surface area (Å²) in [7, 11) is 8.06. The van der Waals surface area contributed by atoms with Crippen molar-refractivity contribution in [1.29, 1.82) is 0 Å². The molecule has 0 spiro atoms. The molecule has 0 amide bonds. The Morgan fingerprint density at radius 1 is 0.643 bits per heavy atom. The second-order valence-corrected chi connectivity index (χ2v) is 7.14. The van der Waals surface area contributed by atoms with Crippen LogP contribution in [0, 0.1) is 0 Å². The maximum Gasteiger partial charge on any atom is 0.174 e. The fraction of sp³-hybridized carbons (Fsp3) is 0.208. The molecule has 3 rings (SSSR count). The molecule has 0 saturated carbocycles. The van der Waals surface area contributed by atoms with E-state index in [9.17, 15) is 4.79 Å². The second-order valence-electron chi connectivity index (χ2n) is 7.14. The quantitative estimate of drug-likeness (QED) is 0.533. The van der Waals surface area contributed by atoms with Crippen molar-refractivity contribution in [3.8, 4) is 0 Å². The van der Waals surface area contributed by atoms with Gasteiger partial charge in [-0.3, -0.25) is 4.79 Å². The summed E-state index contributed by atoms with van der Waals surface area (Å²) in [5, 5.41) is 0. The number of rotatable bonds is 6. The molecule has 0 aliphatic carbocycles. The lowest BCUT2D eigenvalue weighted by Crippen LogP contribution is -2.16. The van der Waals surface area contributed by atoms with Gasteiger partial charge in [0.05, 0.1) is 5.92 Å². The molecule has 0 aliphatic rings. The lowest BCUT2D eigenvalue weighted by Gasteiger charge is -2.20. The van der Waals surface area contributed by atoms with Crippen LogP contribution >= 0.6 is 12.4 Å². The van der Waals surface area contributed by atoms with E-state index in [1.807, 2.05) is 58.5 Å². The van der Waals surface area contributed by atoms with Gasteiger partial charge < -0.3 is 9.80 Å². The first kappa shape index (κ1) is 21.5. The minimum Gasteiger partial charge on any atom is -0.378 e. The maximum atomic E-state index is 13.4. The van der Waals surface area contributed by atoms with Crippen molar-refractivity contribution in [2.45, 2.75) is 5.92 Å². The van der Waals surface area contributed by atoms with Crippen LogP contribution in [0.25, 0.3) is 0 Å². The number of Topliss-reactive ketones (excluding diaryl/α,β-unsaturated/α-hetero) is 1. The molecule has 0 radical (unpaired) electrons. The number of nitrogens with zero attached hydrogens (tertiary/aromatic N) is 2. The predicted octanol–water partition coefficient (Wildman–Crippen LogP) is 5.26. The van der Waals surface area contributed by atoms with Crippen LogP contribution in [0.2, 0.25) is 0 Å². The number of benzene rings is 3. The van der Waals surface area contributed by atoms with Crippen LogP contribution in [0.15, 0.2) is 78.9 Å². The highest BCUT2D eigenvalue weighted by atomic mass is 35.5. The van der Waals surface area contributed by atoms with Gasteiger partial charge in [0.15, 0.2) is 5.78 Å². The molecule has 3 aromatic carbocycles. The average Bonchev–Trinajstić information content (AvgIpc) is 2.69. The molecule has 0 heterocycles. The topological polar surface area (TPSA) is 23.6 Å². The number of anilines is 2. The number of carbonyl (C=O) groups excluding carboxylic acids is 1. The summed E-state index contributed by atoms with van der Waals surface area (Å²) in [5.41, 5.74) is 4.98. The second kappa shape index (κ2) is 9.43. The highest BCUT2D eigenvalue weighted by molar-refractivity contribution is 6.03. The van der Waals surface area contributed by atoms with Crippen LogP contribution < -0.4 is 9.80 Å². The van der Waals surface area contributed by atoms with E-state index in [1.165, 1.54) is 0 Å². The Bertz CT molecular complexity index is 837. The molecule has 0 bridgehead atoms. The van der Waals surface area contributed by atoms with Gasteiger partial charge in [0.25, 0.3) is 0 Å². The highest BCUT2D eigenvalue weighted by Gasteiger charge is 2.24. The summed E-state index contributed by atoms with van der Waals surface area (Å²) in [4.78, 5) is 17.5. The molecule has 0 atom stereocenters. The van der Waals surface area contributed by atoms with Crippen LogP contribution in [0.5, 0.6) is 0 Å². The SMILES string of the molecule is CN(C)c1ccc(C(C(=O)c2ccccc2)c2ccc(N(C)C)cc2)cc1.Cl. The minimum atomic E-state index is -0.320. The molecule has 0 saturated heterocycles. The first-order chi connectivity index (χ1) is 13.0. The number of halogens is 1. The smallest absolute Gasteiger partial charge is 0.174 e. The zero-order valence-corrected chi connectivity index (χ0v) is 17.6. The third kappa shape index (κ3) is 4.73. The van der Waals surface area contributed by atoms with Gasteiger partial charge in [0.2, 0.25) is 0 Å². The summed E-state index contributed by atoms with van der Waals surface area (Å²) in [5.74, 6) is -0.203. The monoisotopic (exact) mass is 394 g/mol. The molecule has 0 aromatic heterocycles. The molecule has 146 valence electrons. The zero-order valence-electron chi connectivity index (χ0n) is 16.8. The van der Waals surface area contributed by atoms with Gasteiger partial charge in [-0.1, -0.05) is 54.6 Å². The van der Waals surface area contributed by atoms with E-state index in [2.05, 4.69) is 58.3 Å². The van der Waals surface area contributed by atoms with Gasteiger partial charge in [-0.2, -0.15) is 0 Å². The molecule has 28 heavy (non-hydrogen) atoms. The normalized spacial score (nSPS) is 10.3. The van der Waals surface area contributed by atoms with E-state index < -0.39 is 0 Å². The van der Waals surface area contributed by atoms with Gasteiger partial charge in [-0.25, -0.2) is 0 Å². The Morgan fingerprint density at radius 2 is 1.04 bits per heavy atom. The van der Waals surface area contributed by atoms with Gasteiger partial charge in [-0.05, 0) is 35.4 Å². The Kier molecular flexibility index (Phi) is 7.24. The van der Waals surface area contributed by atoms with E-state index in [0.717, 1.165) is 28.1 Å². The fourth-order valence-electron chi connectivity index (χ4n) is 3.19. The standard InChI is InChI=1S/C24H26N2O.ClH/c1-25(2)21-14-10-18(11-15-21)23(24(27)20-8-6-5-7-9-20)19-12-16-22(17-13-19)26(3)4;/h5-17,23H,1-4H3;1H. The Hall–Kier alpha value is -2.78. The molecule has 3 aromatic rings. The molecule has 4 heteroatoms. The molecular weight excluding hydrogens is 368 g/mol. The predicted molar refractivity (Wildman–Crippen MR) is 121 cm³/mol. The van der Waals surface area contributed by atoms with Crippen molar-refractivity contribution in [2.75, 3.05) is 38.0 Å². The third-order valence-electron chi connectivity index (χ3n) is 4.81. The average molecular weight is 395 g/mol. The lowest BCUT2D eigenvalue weighted by atomic mass is 9.84. The van der Waals surface area contributed by atoms with E-state index >= 15 is 0 Å². The van der Waals surface area contributed by atoms with E-state index in [0.29, 0.717) is 0 Å². The fourth-order valence-corrected chi connectivity index (χ4v) is 3.19. The van der Waals surface area contributed by atoms with Gasteiger partial charge in [0.1, 0.15) is 0 Å². The summed E-state index contributed by atoms with van der Waals surface area (Å²) in [6.45, 7) is 0. The van der Waals surface area contributed by atoms with Crippen LogP contribution in [-0.2, 0) is 0 Å². The molecular formula is C24H27ClN2O. The van der Waals surface area contributed by atoms with Crippen LogP contribution in [0.1, 0.15) is 27.4 Å². The third-order valence-corrected chi connectivity index (χ3v) is 4.81. The van der Waals surface area contributed by atoms with Gasteiger partial charge in [-0.15, -0.1) is 12.4 Å². The number of carbonyl (C=O) groups is 1. The van der Waals surface area contributed by atoms with Crippen molar-refractivity contribution in [3.05, 3.63) is 95.6 Å². The van der Waals surface area contributed by atoms with Crippen LogP contribution in [0.3, 0.4) is 0 Å². The van der Waals surface area contributed by atoms with Crippen molar-refractivity contribution < 1.29 is 4.79 Å². The lowest BCUT2D eigenvalue weighted by molar-refractivity contribution is 0.0974. The minimum absolute atomic E-state index is 0. The summed E-state index contributed by atoms with van der Waals surface area (Å²) in [6.07, 6.45) is 0. The van der Waals surface area contributed by atoms with Gasteiger partial charge in [0, 0.05) is 45.1 Å². The number of hydrogen-bond donors (Lipinski definition) is 0. The largest absolute Gasteiger partial charge is 0.378 e. The Labute approximate surface area is 174 Å². The van der Waals surface area contributed by atoms with Gasteiger partial charge >= 0.3 is 0 Å². The zero-order chi connectivity index (χ0) is 19.4. The van der Waals surface area contributed by atoms with Crippen molar-refractivity contribution in [1.82, 2.24) is 0 Å². The van der Waals surface area contributed by atoms with E-state index in [1.54, 1.807) is 0 Å². The van der Waals surface area contributed by atoms with Crippen molar-refractivity contribution in [3.63, 3.8) is 0 Å². The molecule has 0 N–H and O–H groups in total. The van der Waals surface area contributed by atoms with E-state index in [4.69, 9.17) is 0 Å². The summed E-state index contributed by atoms with van der Waals surface area (Å²) < 4.78 is 0. The van der Waals surface area contributed by atoms with Crippen LogP contribution in [0.4, 0.5) is 11.4 Å².